The number of likely N-dealkylation sites (tertiary alicyclic amines) is 1. The lowest BCUT2D eigenvalue weighted by Crippen LogP contribution is -2.25. The van der Waals surface area contributed by atoms with Crippen molar-refractivity contribution in [2.45, 2.75) is 25.1 Å². The van der Waals surface area contributed by atoms with Gasteiger partial charge in [0.15, 0.2) is 0 Å². The summed E-state index contributed by atoms with van der Waals surface area (Å²) in [6, 6.07) is 6.28. The smallest absolute Gasteiger partial charge is 0.135 e. The maximum absolute atomic E-state index is 14.1. The minimum Gasteiger partial charge on any atom is -0.392 e. The van der Waals surface area contributed by atoms with Gasteiger partial charge in [0.1, 0.15) is 21.9 Å². The molecule has 0 bridgehead atoms. The molecule has 1 aliphatic rings. The lowest BCUT2D eigenvalue weighted by molar-refractivity contribution is 0.172. The van der Waals surface area contributed by atoms with Crippen molar-refractivity contribution in [3.63, 3.8) is 0 Å². The molecule has 2 aromatic rings. The van der Waals surface area contributed by atoms with Gasteiger partial charge in [-0.25, -0.2) is 13.8 Å². The van der Waals surface area contributed by atoms with Crippen LogP contribution in [0.25, 0.3) is 0 Å². The van der Waals surface area contributed by atoms with Crippen molar-refractivity contribution in [1.29, 1.82) is 0 Å². The molecule has 3 nitrogen and oxygen atoms in total. The fraction of sp³-hybridized carbons (Fsp3) is 0.312. The summed E-state index contributed by atoms with van der Waals surface area (Å²) in [5.74, 6) is -0.996. The lowest BCUT2D eigenvalue weighted by atomic mass is 10.0. The molecule has 0 radical (unpaired) electrons. The second-order valence-corrected chi connectivity index (χ2v) is 6.33. The second kappa shape index (κ2) is 6.69. The van der Waals surface area contributed by atoms with Gasteiger partial charge in [0.2, 0.25) is 0 Å². The molecular weight excluding hydrogens is 345 g/mol. The summed E-state index contributed by atoms with van der Waals surface area (Å²) in [7, 11) is 0. The Labute approximate surface area is 142 Å². The van der Waals surface area contributed by atoms with E-state index < -0.39 is 23.8 Å². The summed E-state index contributed by atoms with van der Waals surface area (Å²) >= 11 is 11.9. The minimum atomic E-state index is -0.610. The van der Waals surface area contributed by atoms with E-state index in [2.05, 4.69) is 4.98 Å². The summed E-state index contributed by atoms with van der Waals surface area (Å²) in [4.78, 5) is 5.83. The lowest BCUT2D eigenvalue weighted by Gasteiger charge is -2.25. The zero-order valence-electron chi connectivity index (χ0n) is 12.0. The molecule has 0 unspecified atom stereocenters. The highest BCUT2D eigenvalue weighted by Crippen LogP contribution is 2.35. The van der Waals surface area contributed by atoms with Crippen molar-refractivity contribution in [3.05, 3.63) is 63.4 Å². The van der Waals surface area contributed by atoms with Gasteiger partial charge in [-0.1, -0.05) is 29.3 Å². The highest BCUT2D eigenvalue weighted by molar-refractivity contribution is 6.32. The monoisotopic (exact) mass is 358 g/mol. The van der Waals surface area contributed by atoms with Gasteiger partial charge in [-0.05, 0) is 30.7 Å². The topological polar surface area (TPSA) is 36.4 Å². The summed E-state index contributed by atoms with van der Waals surface area (Å²) in [5, 5.41) is 10.5. The van der Waals surface area contributed by atoms with Crippen molar-refractivity contribution in [2.24, 2.45) is 0 Å². The number of aromatic nitrogens is 1. The highest BCUT2D eigenvalue weighted by Gasteiger charge is 2.34. The fourth-order valence-corrected chi connectivity index (χ4v) is 3.33. The Morgan fingerprint density at radius 2 is 2.00 bits per heavy atom. The number of benzene rings is 1. The van der Waals surface area contributed by atoms with E-state index in [1.54, 1.807) is 12.1 Å². The molecule has 3 rings (SSSR count). The molecular formula is C16H14Cl2F2N2O. The van der Waals surface area contributed by atoms with Gasteiger partial charge < -0.3 is 5.11 Å². The fourth-order valence-electron chi connectivity index (χ4n) is 2.93. The van der Waals surface area contributed by atoms with Gasteiger partial charge in [-0.15, -0.1) is 0 Å². The summed E-state index contributed by atoms with van der Waals surface area (Å²) in [6.07, 6.45) is -0.277. The van der Waals surface area contributed by atoms with Gasteiger partial charge in [0.05, 0.1) is 6.10 Å². The number of β-amino-alcohol motifs (C(OH)–C–C–N with tert-alkyl or cyclic N) is 1. The molecule has 1 N–H and O–H groups in total. The number of aliphatic hydroxyl groups is 1. The van der Waals surface area contributed by atoms with Gasteiger partial charge in [-0.2, -0.15) is 0 Å². The van der Waals surface area contributed by atoms with E-state index in [9.17, 15) is 13.9 Å². The quantitative estimate of drug-likeness (QED) is 0.843. The third-order valence-electron chi connectivity index (χ3n) is 3.96. The number of halogens is 4. The molecule has 23 heavy (non-hydrogen) atoms. The first-order valence-electron chi connectivity index (χ1n) is 7.12. The van der Waals surface area contributed by atoms with Crippen molar-refractivity contribution in [2.75, 3.05) is 6.54 Å². The van der Waals surface area contributed by atoms with Gasteiger partial charge in [0, 0.05) is 30.3 Å². The number of aliphatic hydroxyl groups excluding tert-OH is 1. The molecule has 1 aromatic carbocycles. The van der Waals surface area contributed by atoms with Crippen LogP contribution in [0.5, 0.6) is 0 Å². The number of nitrogens with zero attached hydrogens (tertiary/aromatic N) is 2. The van der Waals surface area contributed by atoms with Crippen LogP contribution >= 0.6 is 23.2 Å². The molecule has 0 aliphatic carbocycles. The second-order valence-electron chi connectivity index (χ2n) is 5.58. The summed E-state index contributed by atoms with van der Waals surface area (Å²) < 4.78 is 27.5. The van der Waals surface area contributed by atoms with Crippen LogP contribution in [0, 0.1) is 11.6 Å². The molecule has 2 heterocycles. The Morgan fingerprint density at radius 1 is 1.22 bits per heavy atom. The normalized spacial score (nSPS) is 21.8. The number of hydrogen-bond acceptors (Lipinski definition) is 3. The Kier molecular flexibility index (Phi) is 4.82. The largest absolute Gasteiger partial charge is 0.392 e. The molecule has 1 saturated heterocycles. The van der Waals surface area contributed by atoms with Gasteiger partial charge in [0.25, 0.3) is 0 Å². The first-order valence-corrected chi connectivity index (χ1v) is 7.87. The third kappa shape index (κ3) is 3.63. The molecule has 1 aromatic heterocycles. The van der Waals surface area contributed by atoms with Crippen molar-refractivity contribution >= 4 is 23.2 Å². The van der Waals surface area contributed by atoms with E-state index >= 15 is 0 Å². The van der Waals surface area contributed by atoms with Crippen LogP contribution in [0.4, 0.5) is 8.78 Å². The van der Waals surface area contributed by atoms with Crippen LogP contribution in [0.1, 0.15) is 23.6 Å². The van der Waals surface area contributed by atoms with E-state index in [0.29, 0.717) is 25.1 Å². The average Bonchev–Trinajstić information content (AvgIpc) is 2.85. The van der Waals surface area contributed by atoms with E-state index in [-0.39, 0.29) is 15.9 Å². The molecule has 0 spiro atoms. The first-order chi connectivity index (χ1) is 10.9. The number of hydrogen-bond donors (Lipinski definition) is 1. The van der Waals surface area contributed by atoms with Crippen molar-refractivity contribution in [3.8, 4) is 0 Å². The van der Waals surface area contributed by atoms with Crippen LogP contribution in [0.15, 0.2) is 30.3 Å². The third-order valence-corrected chi connectivity index (χ3v) is 4.50. The average molecular weight is 359 g/mol. The van der Waals surface area contributed by atoms with E-state index in [1.807, 2.05) is 4.90 Å². The van der Waals surface area contributed by atoms with E-state index in [4.69, 9.17) is 23.2 Å². The first kappa shape index (κ1) is 16.6. The molecule has 122 valence electrons. The molecule has 0 saturated carbocycles. The van der Waals surface area contributed by atoms with Crippen molar-refractivity contribution < 1.29 is 13.9 Å². The predicted octanol–water partition coefficient (Wildman–Crippen LogP) is 3.97. The zero-order chi connectivity index (χ0) is 16.6. The maximum Gasteiger partial charge on any atom is 0.135 e. The van der Waals surface area contributed by atoms with Gasteiger partial charge in [-0.3, -0.25) is 4.90 Å². The molecule has 1 fully saturated rings. The van der Waals surface area contributed by atoms with E-state index in [0.717, 1.165) is 12.1 Å². The Bertz CT molecular complexity index is 729. The molecule has 0 amide bonds. The predicted molar refractivity (Wildman–Crippen MR) is 84.4 cm³/mol. The maximum atomic E-state index is 14.1. The minimum absolute atomic E-state index is 0.236. The van der Waals surface area contributed by atoms with Crippen LogP contribution < -0.4 is 0 Å². The van der Waals surface area contributed by atoms with Crippen LogP contribution in [-0.4, -0.2) is 27.6 Å². The van der Waals surface area contributed by atoms with Crippen molar-refractivity contribution in [1.82, 2.24) is 9.88 Å². The summed E-state index contributed by atoms with van der Waals surface area (Å²) in [6.45, 7) is 0.709. The Morgan fingerprint density at radius 3 is 2.74 bits per heavy atom. The Balaban J connectivity index is 1.89. The molecule has 7 heteroatoms. The van der Waals surface area contributed by atoms with Crippen LogP contribution in [-0.2, 0) is 6.54 Å². The van der Waals surface area contributed by atoms with Crippen LogP contribution in [0.2, 0.25) is 10.3 Å². The zero-order valence-corrected chi connectivity index (χ0v) is 13.5. The van der Waals surface area contributed by atoms with Crippen LogP contribution in [0.3, 0.4) is 0 Å². The van der Waals surface area contributed by atoms with E-state index in [1.165, 1.54) is 6.07 Å². The number of rotatable bonds is 3. The molecule has 2 atom stereocenters. The van der Waals surface area contributed by atoms with Gasteiger partial charge >= 0.3 is 0 Å². The summed E-state index contributed by atoms with van der Waals surface area (Å²) in [5.41, 5.74) is 0.951. The molecule has 1 aliphatic heterocycles. The highest BCUT2D eigenvalue weighted by atomic mass is 35.5. The Hall–Kier alpha value is -1.27. The standard InChI is InChI=1S/C16H14Cl2F2N2O/c17-15-4-1-9(16(18)21-15)7-22-8-11(23)6-14(22)12-5-10(19)2-3-13(12)20/h1-5,11,14,23H,6-8H2/t11-,14+/m0/s1. The number of pyridine rings is 1. The SMILES string of the molecule is O[C@H]1C[C@H](c2cc(F)ccc2F)N(Cc2ccc(Cl)nc2Cl)C1.